The van der Waals surface area contributed by atoms with Crippen LogP contribution in [0.5, 0.6) is 5.88 Å². The Hall–Kier alpha value is -2.41. The molecule has 2 aromatic carbocycles. The van der Waals surface area contributed by atoms with E-state index in [1.54, 1.807) is 6.07 Å². The zero-order valence-electron chi connectivity index (χ0n) is 19.6. The lowest BCUT2D eigenvalue weighted by atomic mass is 9.65. The molecule has 8 heteroatoms. The summed E-state index contributed by atoms with van der Waals surface area (Å²) in [7, 11) is 0. The lowest BCUT2D eigenvalue weighted by Gasteiger charge is -2.40. The number of fused-ring (bicyclic) bond motifs is 3. The summed E-state index contributed by atoms with van der Waals surface area (Å²) in [6.07, 6.45) is 3.53. The number of aromatic hydroxyl groups is 1. The molecule has 178 valence electrons. The molecule has 2 bridgehead atoms. The third kappa shape index (κ3) is 4.23. The van der Waals surface area contributed by atoms with Crippen molar-refractivity contribution in [3.05, 3.63) is 58.1 Å². The highest BCUT2D eigenvalue weighted by Gasteiger charge is 2.49. The van der Waals surface area contributed by atoms with Crippen molar-refractivity contribution in [2.24, 2.45) is 21.1 Å². The zero-order valence-corrected chi connectivity index (χ0v) is 21.1. The number of carbonyl (C=O) groups excluding carboxylic acids is 1. The van der Waals surface area contributed by atoms with Crippen molar-refractivity contribution in [2.45, 2.75) is 52.7 Å². The van der Waals surface area contributed by atoms with Gasteiger partial charge in [-0.25, -0.2) is 0 Å². The van der Waals surface area contributed by atoms with E-state index in [9.17, 15) is 9.90 Å². The van der Waals surface area contributed by atoms with E-state index in [4.69, 9.17) is 23.2 Å². The zero-order chi connectivity index (χ0) is 24.3. The molecule has 2 fully saturated rings. The van der Waals surface area contributed by atoms with Gasteiger partial charge in [0.1, 0.15) is 0 Å². The summed E-state index contributed by atoms with van der Waals surface area (Å²) < 4.78 is 1.88. The van der Waals surface area contributed by atoms with E-state index >= 15 is 0 Å². The van der Waals surface area contributed by atoms with Crippen LogP contribution in [-0.4, -0.2) is 33.1 Å². The van der Waals surface area contributed by atoms with Gasteiger partial charge >= 0.3 is 0 Å². The Morgan fingerprint density at radius 2 is 1.91 bits per heavy atom. The van der Waals surface area contributed by atoms with Gasteiger partial charge in [0.25, 0.3) is 5.91 Å². The van der Waals surface area contributed by atoms with Crippen LogP contribution in [-0.2, 0) is 6.67 Å². The van der Waals surface area contributed by atoms with Crippen LogP contribution in [0.25, 0.3) is 10.9 Å². The second-order valence-electron chi connectivity index (χ2n) is 10.8. The number of azo groups is 1. The maximum atomic E-state index is 12.6. The van der Waals surface area contributed by atoms with Crippen LogP contribution in [0.15, 0.2) is 52.7 Å². The topological polar surface area (TPSA) is 70.2 Å². The van der Waals surface area contributed by atoms with Crippen molar-refractivity contribution >= 4 is 45.7 Å². The van der Waals surface area contributed by atoms with Gasteiger partial charge in [-0.3, -0.25) is 14.3 Å². The summed E-state index contributed by atoms with van der Waals surface area (Å²) in [5.41, 5.74) is 1.95. The quantitative estimate of drug-likeness (QED) is 0.380. The van der Waals surface area contributed by atoms with Gasteiger partial charge in [-0.2, -0.15) is 0 Å². The first kappa shape index (κ1) is 23.3. The Balaban J connectivity index is 1.47. The van der Waals surface area contributed by atoms with Gasteiger partial charge in [0.2, 0.25) is 5.88 Å². The Kier molecular flexibility index (Phi) is 5.74. The van der Waals surface area contributed by atoms with Gasteiger partial charge in [0, 0.05) is 23.0 Å². The highest BCUT2D eigenvalue weighted by molar-refractivity contribution is 6.36. The number of rotatable bonds is 4. The minimum Gasteiger partial charge on any atom is -0.493 e. The van der Waals surface area contributed by atoms with Gasteiger partial charge in [-0.05, 0) is 54.4 Å². The molecule has 1 saturated heterocycles. The highest BCUT2D eigenvalue weighted by Crippen LogP contribution is 2.53. The first-order chi connectivity index (χ1) is 16.1. The molecule has 3 aromatic rings. The molecular weight excluding hydrogens is 471 g/mol. The van der Waals surface area contributed by atoms with Crippen LogP contribution in [0.4, 0.5) is 5.69 Å². The molecule has 1 saturated carbocycles. The number of para-hydroxylation sites is 1. The predicted octanol–water partition coefficient (Wildman–Crippen LogP) is 7.44. The highest BCUT2D eigenvalue weighted by atomic mass is 35.5. The fourth-order valence-corrected chi connectivity index (χ4v) is 6.74. The standard InChI is InChI=1S/C26H28Cl2N4O2/c1-25(2)11-17-12-26(3,13-25)14-31(17)15-32-21-7-5-4-6-19(21)22(24(32)34)29-30-23(33)18-9-8-16(27)10-20(18)28/h4-10,17,34H,11-15H2,1-3H3/t17-,26+/m0/s1. The molecule has 0 unspecified atom stereocenters. The molecule has 1 aromatic heterocycles. The molecular formula is C26H28Cl2N4O2. The average Bonchev–Trinajstić information content (AvgIpc) is 3.15. The van der Waals surface area contributed by atoms with Crippen molar-refractivity contribution in [3.63, 3.8) is 0 Å². The summed E-state index contributed by atoms with van der Waals surface area (Å²) in [6, 6.07) is 12.7. The number of halogens is 2. The monoisotopic (exact) mass is 498 g/mol. The van der Waals surface area contributed by atoms with Crippen molar-refractivity contribution in [2.75, 3.05) is 6.54 Å². The first-order valence-electron chi connectivity index (χ1n) is 11.5. The van der Waals surface area contributed by atoms with E-state index in [1.807, 2.05) is 28.8 Å². The molecule has 0 radical (unpaired) electrons. The summed E-state index contributed by atoms with van der Waals surface area (Å²) in [4.78, 5) is 15.1. The van der Waals surface area contributed by atoms with E-state index in [-0.39, 0.29) is 27.6 Å². The Bertz CT molecular complexity index is 1320. The van der Waals surface area contributed by atoms with Gasteiger partial charge in [-0.1, -0.05) is 62.2 Å². The fourth-order valence-electron chi connectivity index (χ4n) is 6.25. The Morgan fingerprint density at radius 3 is 2.68 bits per heavy atom. The van der Waals surface area contributed by atoms with Crippen LogP contribution in [0.1, 0.15) is 50.4 Å². The average molecular weight is 499 g/mol. The SMILES string of the molecule is CC1(C)C[C@H]2C[C@@](C)(CN2Cn2c(O)c(N=NC(=O)c3ccc(Cl)cc3Cl)c3ccccc32)C1. The molecule has 6 nitrogen and oxygen atoms in total. The van der Waals surface area contributed by atoms with Crippen molar-refractivity contribution in [1.82, 2.24) is 9.47 Å². The van der Waals surface area contributed by atoms with Gasteiger partial charge < -0.3 is 5.11 Å². The first-order valence-corrected chi connectivity index (χ1v) is 12.3. The van der Waals surface area contributed by atoms with Crippen molar-refractivity contribution in [3.8, 4) is 5.88 Å². The van der Waals surface area contributed by atoms with Crippen molar-refractivity contribution < 1.29 is 9.90 Å². The molecule has 1 aliphatic heterocycles. The fraction of sp³-hybridized carbons (Fsp3) is 0.423. The lowest BCUT2D eigenvalue weighted by molar-refractivity contribution is 0.0995. The van der Waals surface area contributed by atoms with Gasteiger partial charge in [0.15, 0.2) is 5.69 Å². The Labute approximate surface area is 209 Å². The normalized spacial score (nSPS) is 24.3. The largest absolute Gasteiger partial charge is 0.493 e. The molecule has 0 spiro atoms. The van der Waals surface area contributed by atoms with Crippen LogP contribution in [0, 0.1) is 10.8 Å². The van der Waals surface area contributed by atoms with Crippen LogP contribution >= 0.6 is 23.2 Å². The smallest absolute Gasteiger partial charge is 0.296 e. The summed E-state index contributed by atoms with van der Waals surface area (Å²) in [5, 5.41) is 20.6. The number of amides is 1. The van der Waals surface area contributed by atoms with Crippen LogP contribution in [0.2, 0.25) is 10.0 Å². The molecule has 5 rings (SSSR count). The van der Waals surface area contributed by atoms with E-state index < -0.39 is 5.91 Å². The minimum atomic E-state index is -0.596. The minimum absolute atomic E-state index is 0.00538. The summed E-state index contributed by atoms with van der Waals surface area (Å²) in [6.45, 7) is 8.64. The van der Waals surface area contributed by atoms with Crippen LogP contribution in [0.3, 0.4) is 0 Å². The van der Waals surface area contributed by atoms with Crippen LogP contribution < -0.4 is 0 Å². The summed E-state index contributed by atoms with van der Waals surface area (Å²) >= 11 is 12.1. The van der Waals surface area contributed by atoms with E-state index in [1.165, 1.54) is 25.0 Å². The lowest BCUT2D eigenvalue weighted by Crippen LogP contribution is -2.35. The molecule has 1 aliphatic carbocycles. The van der Waals surface area contributed by atoms with Crippen molar-refractivity contribution in [1.29, 1.82) is 0 Å². The molecule has 2 aliphatic rings. The third-order valence-corrected chi connectivity index (χ3v) is 7.71. The number of aromatic nitrogens is 1. The number of nitrogens with zero attached hydrogens (tertiary/aromatic N) is 4. The Morgan fingerprint density at radius 1 is 1.15 bits per heavy atom. The number of likely N-dealkylation sites (tertiary alicyclic amines) is 1. The molecule has 2 atom stereocenters. The van der Waals surface area contributed by atoms with E-state index in [0.717, 1.165) is 23.9 Å². The number of hydrogen-bond acceptors (Lipinski definition) is 4. The molecule has 1 N–H and O–H groups in total. The third-order valence-electron chi connectivity index (χ3n) is 7.17. The van der Waals surface area contributed by atoms with Gasteiger partial charge in [0.05, 0.1) is 22.8 Å². The van der Waals surface area contributed by atoms with Gasteiger partial charge in [-0.15, -0.1) is 10.2 Å². The maximum absolute atomic E-state index is 12.6. The molecule has 34 heavy (non-hydrogen) atoms. The van der Waals surface area contributed by atoms with E-state index in [0.29, 0.717) is 23.1 Å². The van der Waals surface area contributed by atoms with E-state index in [2.05, 4.69) is 35.9 Å². The summed E-state index contributed by atoms with van der Waals surface area (Å²) in [5.74, 6) is -0.591. The predicted molar refractivity (Wildman–Crippen MR) is 135 cm³/mol. The number of hydrogen-bond donors (Lipinski definition) is 1. The number of benzene rings is 2. The number of carbonyl (C=O) groups is 1. The second-order valence-corrected chi connectivity index (χ2v) is 11.7. The second kappa shape index (κ2) is 8.36. The molecule has 2 heterocycles. The maximum Gasteiger partial charge on any atom is 0.296 e. The molecule has 1 amide bonds.